The molecule has 0 saturated heterocycles. The largest absolute Gasteiger partial charge is 0.497 e. The topological polar surface area (TPSA) is 65.2 Å². The number of ether oxygens (including phenoxy) is 1. The molecule has 0 N–H and O–H groups in total. The molecule has 132 valence electrons. The van der Waals surface area contributed by atoms with E-state index < -0.39 is 0 Å². The number of fused-ring (bicyclic) bond motifs is 1. The highest BCUT2D eigenvalue weighted by Crippen LogP contribution is 2.24. The fourth-order valence-electron chi connectivity index (χ4n) is 2.95. The smallest absolute Gasteiger partial charge is 0.270 e. The van der Waals surface area contributed by atoms with E-state index in [0.29, 0.717) is 12.2 Å². The fraction of sp³-hybridized carbons (Fsp3) is 0.389. The van der Waals surface area contributed by atoms with Crippen molar-refractivity contribution in [3.63, 3.8) is 0 Å². The molecule has 0 atom stereocenters. The average molecular weight is 341 g/mol. The van der Waals surface area contributed by atoms with Gasteiger partial charge in [0, 0.05) is 32.1 Å². The molecule has 1 amide bonds. The van der Waals surface area contributed by atoms with E-state index >= 15 is 0 Å². The molecule has 0 bridgehead atoms. The number of rotatable bonds is 6. The van der Waals surface area contributed by atoms with Gasteiger partial charge in [0.1, 0.15) is 17.8 Å². The number of nitrogens with zero attached hydrogens (tertiary/aromatic N) is 5. The van der Waals surface area contributed by atoms with Gasteiger partial charge in [-0.3, -0.25) is 4.79 Å². The van der Waals surface area contributed by atoms with Gasteiger partial charge in [-0.25, -0.2) is 0 Å². The molecule has 0 aliphatic carbocycles. The SMILES string of the molecule is CCCn1cnnc1CN(C)C(=O)c1cc2ccc(OC)cc2n1C. The van der Waals surface area contributed by atoms with Gasteiger partial charge in [0.25, 0.3) is 5.91 Å². The molecule has 0 unspecified atom stereocenters. The number of benzene rings is 1. The first-order valence-electron chi connectivity index (χ1n) is 8.30. The summed E-state index contributed by atoms with van der Waals surface area (Å²) in [5.41, 5.74) is 1.59. The molecule has 0 fully saturated rings. The molecular formula is C18H23N5O2. The summed E-state index contributed by atoms with van der Waals surface area (Å²) in [6.07, 6.45) is 2.70. The molecule has 0 radical (unpaired) electrons. The minimum atomic E-state index is -0.0521. The van der Waals surface area contributed by atoms with Gasteiger partial charge in [0.15, 0.2) is 5.82 Å². The van der Waals surface area contributed by atoms with E-state index in [2.05, 4.69) is 17.1 Å². The van der Waals surface area contributed by atoms with Crippen LogP contribution in [-0.2, 0) is 20.1 Å². The van der Waals surface area contributed by atoms with Crippen LogP contribution in [0.4, 0.5) is 0 Å². The van der Waals surface area contributed by atoms with Crippen LogP contribution >= 0.6 is 0 Å². The Morgan fingerprint density at radius 2 is 2.12 bits per heavy atom. The van der Waals surface area contributed by atoms with Gasteiger partial charge in [-0.05, 0) is 24.6 Å². The molecular weight excluding hydrogens is 318 g/mol. The first-order chi connectivity index (χ1) is 12.0. The molecule has 7 nitrogen and oxygen atoms in total. The lowest BCUT2D eigenvalue weighted by atomic mass is 10.2. The zero-order chi connectivity index (χ0) is 18.0. The maximum atomic E-state index is 12.9. The maximum Gasteiger partial charge on any atom is 0.270 e. The van der Waals surface area contributed by atoms with Crippen molar-refractivity contribution in [2.75, 3.05) is 14.2 Å². The molecule has 0 saturated carbocycles. The van der Waals surface area contributed by atoms with E-state index in [9.17, 15) is 4.79 Å². The minimum Gasteiger partial charge on any atom is -0.497 e. The van der Waals surface area contributed by atoms with Gasteiger partial charge in [-0.2, -0.15) is 0 Å². The van der Waals surface area contributed by atoms with Crippen LogP contribution < -0.4 is 4.74 Å². The van der Waals surface area contributed by atoms with Crippen molar-refractivity contribution in [2.45, 2.75) is 26.4 Å². The number of aryl methyl sites for hydroxylation is 2. The summed E-state index contributed by atoms with van der Waals surface area (Å²) in [5, 5.41) is 9.10. The van der Waals surface area contributed by atoms with Crippen LogP contribution in [-0.4, -0.2) is 44.3 Å². The van der Waals surface area contributed by atoms with Crippen molar-refractivity contribution in [3.8, 4) is 5.75 Å². The van der Waals surface area contributed by atoms with Crippen LogP contribution in [0.5, 0.6) is 5.75 Å². The number of aromatic nitrogens is 4. The summed E-state index contributed by atoms with van der Waals surface area (Å²) < 4.78 is 9.15. The third-order valence-electron chi connectivity index (χ3n) is 4.36. The fourth-order valence-corrected chi connectivity index (χ4v) is 2.95. The summed E-state index contributed by atoms with van der Waals surface area (Å²) in [7, 11) is 5.31. The zero-order valence-corrected chi connectivity index (χ0v) is 15.1. The Bertz CT molecular complexity index is 896. The Labute approximate surface area is 146 Å². The van der Waals surface area contributed by atoms with Crippen molar-refractivity contribution in [1.82, 2.24) is 24.2 Å². The second kappa shape index (κ2) is 6.96. The van der Waals surface area contributed by atoms with Crippen molar-refractivity contribution in [1.29, 1.82) is 0 Å². The van der Waals surface area contributed by atoms with Crippen molar-refractivity contribution < 1.29 is 9.53 Å². The highest BCUT2D eigenvalue weighted by molar-refractivity contribution is 5.98. The maximum absolute atomic E-state index is 12.9. The van der Waals surface area contributed by atoms with Crippen LogP contribution in [0.15, 0.2) is 30.6 Å². The zero-order valence-electron chi connectivity index (χ0n) is 15.1. The Morgan fingerprint density at radius 3 is 2.84 bits per heavy atom. The third-order valence-corrected chi connectivity index (χ3v) is 4.36. The number of hydrogen-bond donors (Lipinski definition) is 0. The first kappa shape index (κ1) is 17.0. The van der Waals surface area contributed by atoms with Gasteiger partial charge in [0.05, 0.1) is 19.2 Å². The molecule has 1 aromatic carbocycles. The summed E-state index contributed by atoms with van der Waals surface area (Å²) in [6.45, 7) is 3.37. The van der Waals surface area contributed by atoms with Crippen LogP contribution in [0.25, 0.3) is 10.9 Å². The Kier molecular flexibility index (Phi) is 4.74. The molecule has 0 aliphatic rings. The predicted molar refractivity (Wildman–Crippen MR) is 95.6 cm³/mol. The second-order valence-corrected chi connectivity index (χ2v) is 6.12. The molecule has 3 aromatic rings. The number of amides is 1. The van der Waals surface area contributed by atoms with Crippen LogP contribution in [0, 0.1) is 0 Å². The van der Waals surface area contributed by atoms with Crippen molar-refractivity contribution in [3.05, 3.63) is 42.1 Å². The predicted octanol–water partition coefficient (Wildman–Crippen LogP) is 2.46. The summed E-state index contributed by atoms with van der Waals surface area (Å²) in [5.74, 6) is 1.51. The molecule has 2 heterocycles. The summed E-state index contributed by atoms with van der Waals surface area (Å²) in [6, 6.07) is 7.70. The van der Waals surface area contributed by atoms with E-state index in [4.69, 9.17) is 4.74 Å². The normalized spacial score (nSPS) is 11.0. The van der Waals surface area contributed by atoms with E-state index in [1.165, 1.54) is 0 Å². The minimum absolute atomic E-state index is 0.0521. The van der Waals surface area contributed by atoms with E-state index in [1.54, 1.807) is 25.4 Å². The highest BCUT2D eigenvalue weighted by Gasteiger charge is 2.19. The lowest BCUT2D eigenvalue weighted by molar-refractivity contribution is 0.0771. The van der Waals surface area contributed by atoms with E-state index in [-0.39, 0.29) is 5.91 Å². The monoisotopic (exact) mass is 341 g/mol. The first-order valence-corrected chi connectivity index (χ1v) is 8.30. The number of methoxy groups -OCH3 is 1. The highest BCUT2D eigenvalue weighted by atomic mass is 16.5. The number of carbonyl (C=O) groups is 1. The van der Waals surface area contributed by atoms with Gasteiger partial charge < -0.3 is 18.8 Å². The Morgan fingerprint density at radius 1 is 1.32 bits per heavy atom. The summed E-state index contributed by atoms with van der Waals surface area (Å²) in [4.78, 5) is 14.6. The lowest BCUT2D eigenvalue weighted by Crippen LogP contribution is -2.29. The van der Waals surface area contributed by atoms with E-state index in [0.717, 1.165) is 35.4 Å². The number of hydrogen-bond acceptors (Lipinski definition) is 4. The Hall–Kier alpha value is -2.83. The van der Waals surface area contributed by atoms with Crippen LogP contribution in [0.2, 0.25) is 0 Å². The molecule has 0 spiro atoms. The van der Waals surface area contributed by atoms with Gasteiger partial charge in [-0.1, -0.05) is 6.92 Å². The Balaban J connectivity index is 1.85. The lowest BCUT2D eigenvalue weighted by Gasteiger charge is -2.17. The average Bonchev–Trinajstić information content (AvgIpc) is 3.19. The van der Waals surface area contributed by atoms with Gasteiger partial charge in [-0.15, -0.1) is 10.2 Å². The van der Waals surface area contributed by atoms with Crippen LogP contribution in [0.1, 0.15) is 29.7 Å². The molecule has 0 aliphatic heterocycles. The van der Waals surface area contributed by atoms with Crippen LogP contribution in [0.3, 0.4) is 0 Å². The molecule has 7 heteroatoms. The number of carbonyl (C=O) groups excluding carboxylic acids is 1. The summed E-state index contributed by atoms with van der Waals surface area (Å²) >= 11 is 0. The molecule has 25 heavy (non-hydrogen) atoms. The second-order valence-electron chi connectivity index (χ2n) is 6.12. The van der Waals surface area contributed by atoms with Crippen molar-refractivity contribution in [2.24, 2.45) is 7.05 Å². The van der Waals surface area contributed by atoms with Gasteiger partial charge in [0.2, 0.25) is 0 Å². The molecule has 2 aromatic heterocycles. The third kappa shape index (κ3) is 3.22. The molecule has 3 rings (SSSR count). The van der Waals surface area contributed by atoms with E-state index in [1.807, 2.05) is 40.4 Å². The standard InChI is InChI=1S/C18H23N5O2/c1-5-8-23-12-19-20-17(23)11-21(2)18(24)16-9-13-6-7-14(25-4)10-15(13)22(16)3/h6-7,9-10,12H,5,8,11H2,1-4H3. The quantitative estimate of drug-likeness (QED) is 0.691. The van der Waals surface area contributed by atoms with Gasteiger partial charge >= 0.3 is 0 Å². The van der Waals surface area contributed by atoms with Crippen molar-refractivity contribution >= 4 is 16.8 Å².